The van der Waals surface area contributed by atoms with Gasteiger partial charge in [0.2, 0.25) is 5.91 Å². The summed E-state index contributed by atoms with van der Waals surface area (Å²) in [6, 6.07) is 0. The smallest absolute Gasteiger partial charge is 0.222 e. The van der Waals surface area contributed by atoms with Crippen LogP contribution in [-0.2, 0) is 4.79 Å². The number of carbonyl (C=O) groups excluding carboxylic acids is 1. The van der Waals surface area contributed by atoms with Gasteiger partial charge < -0.3 is 10.2 Å². The van der Waals surface area contributed by atoms with Crippen LogP contribution in [0.4, 0.5) is 0 Å². The molecule has 3 heteroatoms. The second-order valence-corrected chi connectivity index (χ2v) is 6.07. The van der Waals surface area contributed by atoms with Crippen LogP contribution in [0.25, 0.3) is 0 Å². The Morgan fingerprint density at radius 1 is 1.11 bits per heavy atom. The van der Waals surface area contributed by atoms with Crippen molar-refractivity contribution in [1.29, 1.82) is 0 Å². The fraction of sp³-hybridized carbons (Fsp3) is 0.933. The zero-order chi connectivity index (χ0) is 12.8. The van der Waals surface area contributed by atoms with Gasteiger partial charge in [0.25, 0.3) is 0 Å². The van der Waals surface area contributed by atoms with E-state index in [1.807, 2.05) is 7.05 Å². The molecule has 3 nitrogen and oxygen atoms in total. The van der Waals surface area contributed by atoms with Gasteiger partial charge in [-0.2, -0.15) is 0 Å². The first-order valence-electron chi connectivity index (χ1n) is 7.72. The van der Waals surface area contributed by atoms with Crippen molar-refractivity contribution in [3.05, 3.63) is 0 Å². The topological polar surface area (TPSA) is 32.3 Å². The molecule has 0 spiro atoms. The van der Waals surface area contributed by atoms with Crippen molar-refractivity contribution in [3.63, 3.8) is 0 Å². The Kier molecular flexibility index (Phi) is 5.48. The average molecular weight is 252 g/mol. The predicted octanol–water partition coefficient (Wildman–Crippen LogP) is 2.41. The van der Waals surface area contributed by atoms with Crippen molar-refractivity contribution in [2.45, 2.75) is 51.4 Å². The Morgan fingerprint density at radius 2 is 1.78 bits per heavy atom. The molecular weight excluding hydrogens is 224 g/mol. The third-order valence-corrected chi connectivity index (χ3v) is 4.70. The molecule has 1 saturated heterocycles. The molecule has 2 rings (SSSR count). The number of carbonyl (C=O) groups is 1. The summed E-state index contributed by atoms with van der Waals surface area (Å²) in [5, 5.41) is 3.24. The van der Waals surface area contributed by atoms with Crippen molar-refractivity contribution >= 4 is 5.91 Å². The monoisotopic (exact) mass is 252 g/mol. The Balaban J connectivity index is 1.64. The molecular formula is C15H28N2O. The predicted molar refractivity (Wildman–Crippen MR) is 74.4 cm³/mol. The molecule has 0 bridgehead atoms. The lowest BCUT2D eigenvalue weighted by Gasteiger charge is -2.32. The quantitative estimate of drug-likeness (QED) is 0.815. The minimum absolute atomic E-state index is 0.407. The second-order valence-electron chi connectivity index (χ2n) is 6.07. The fourth-order valence-corrected chi connectivity index (χ4v) is 3.46. The maximum absolute atomic E-state index is 12.1. The molecule has 18 heavy (non-hydrogen) atoms. The first-order chi connectivity index (χ1) is 8.79. The van der Waals surface area contributed by atoms with E-state index in [9.17, 15) is 4.79 Å². The molecule has 104 valence electrons. The third-order valence-electron chi connectivity index (χ3n) is 4.70. The number of piperidine rings is 1. The van der Waals surface area contributed by atoms with Gasteiger partial charge in [0.1, 0.15) is 0 Å². The Labute approximate surface area is 111 Å². The van der Waals surface area contributed by atoms with Gasteiger partial charge in [0.05, 0.1) is 0 Å². The lowest BCUT2D eigenvalue weighted by Crippen LogP contribution is -2.40. The molecule has 1 aliphatic carbocycles. The number of likely N-dealkylation sites (tertiary alicyclic amines) is 1. The van der Waals surface area contributed by atoms with Gasteiger partial charge in [-0.1, -0.05) is 25.7 Å². The molecule has 0 aromatic rings. The summed E-state index contributed by atoms with van der Waals surface area (Å²) in [5.41, 5.74) is 0. The van der Waals surface area contributed by atoms with Gasteiger partial charge in [-0.25, -0.2) is 0 Å². The Morgan fingerprint density at radius 3 is 2.39 bits per heavy atom. The highest BCUT2D eigenvalue weighted by Crippen LogP contribution is 2.29. The molecule has 1 heterocycles. The first-order valence-corrected chi connectivity index (χ1v) is 7.72. The van der Waals surface area contributed by atoms with E-state index < -0.39 is 0 Å². The van der Waals surface area contributed by atoms with Crippen LogP contribution in [0.15, 0.2) is 0 Å². The van der Waals surface area contributed by atoms with Gasteiger partial charge in [-0.05, 0) is 44.7 Å². The summed E-state index contributed by atoms with van der Waals surface area (Å²) in [6.07, 6.45) is 9.76. The molecule has 1 amide bonds. The zero-order valence-electron chi connectivity index (χ0n) is 11.8. The van der Waals surface area contributed by atoms with Crippen molar-refractivity contribution in [2.24, 2.45) is 11.8 Å². The number of nitrogens with one attached hydrogen (secondary N) is 1. The minimum Gasteiger partial charge on any atom is -0.343 e. The van der Waals surface area contributed by atoms with Crippen LogP contribution in [0.1, 0.15) is 51.4 Å². The van der Waals surface area contributed by atoms with E-state index in [4.69, 9.17) is 0 Å². The first kappa shape index (κ1) is 13.9. The summed E-state index contributed by atoms with van der Waals surface area (Å²) >= 11 is 0. The molecule has 1 saturated carbocycles. The third kappa shape index (κ3) is 3.98. The van der Waals surface area contributed by atoms with E-state index in [1.165, 1.54) is 38.5 Å². The van der Waals surface area contributed by atoms with Crippen molar-refractivity contribution in [3.8, 4) is 0 Å². The maximum Gasteiger partial charge on any atom is 0.222 e. The minimum atomic E-state index is 0.407. The number of rotatable bonds is 5. The van der Waals surface area contributed by atoms with Crippen LogP contribution in [0.5, 0.6) is 0 Å². The van der Waals surface area contributed by atoms with Crippen LogP contribution in [0.3, 0.4) is 0 Å². The molecule has 0 unspecified atom stereocenters. The van der Waals surface area contributed by atoms with Gasteiger partial charge in [0.15, 0.2) is 0 Å². The highest BCUT2D eigenvalue weighted by Gasteiger charge is 2.23. The molecule has 1 aliphatic heterocycles. The molecule has 0 radical (unpaired) electrons. The van der Waals surface area contributed by atoms with Gasteiger partial charge >= 0.3 is 0 Å². The molecule has 0 aromatic heterocycles. The van der Waals surface area contributed by atoms with Gasteiger partial charge in [-0.3, -0.25) is 4.79 Å². The lowest BCUT2D eigenvalue weighted by atomic mass is 9.96. The van der Waals surface area contributed by atoms with Crippen LogP contribution in [0, 0.1) is 11.8 Å². The van der Waals surface area contributed by atoms with Crippen molar-refractivity contribution in [2.75, 3.05) is 26.7 Å². The summed E-state index contributed by atoms with van der Waals surface area (Å²) < 4.78 is 0. The standard InChI is InChI=1S/C15H28N2O/c1-16-12-14-8-10-17(11-9-14)15(18)7-6-13-4-2-3-5-13/h13-14,16H,2-12H2,1H3. The number of hydrogen-bond acceptors (Lipinski definition) is 2. The summed E-state index contributed by atoms with van der Waals surface area (Å²) in [4.78, 5) is 14.2. The number of nitrogens with zero attached hydrogens (tertiary/aromatic N) is 1. The van der Waals surface area contributed by atoms with Crippen LogP contribution < -0.4 is 5.32 Å². The average Bonchev–Trinajstić information content (AvgIpc) is 2.90. The van der Waals surface area contributed by atoms with Crippen LogP contribution in [0.2, 0.25) is 0 Å². The normalized spacial score (nSPS) is 22.6. The highest BCUT2D eigenvalue weighted by atomic mass is 16.2. The SMILES string of the molecule is CNCC1CCN(C(=O)CCC2CCCC2)CC1. The highest BCUT2D eigenvalue weighted by molar-refractivity contribution is 5.76. The van der Waals surface area contributed by atoms with Crippen LogP contribution in [-0.4, -0.2) is 37.5 Å². The largest absolute Gasteiger partial charge is 0.343 e. The van der Waals surface area contributed by atoms with Crippen molar-refractivity contribution in [1.82, 2.24) is 10.2 Å². The summed E-state index contributed by atoms with van der Waals surface area (Å²) in [5.74, 6) is 2.02. The molecule has 2 fully saturated rings. The van der Waals surface area contributed by atoms with E-state index in [0.717, 1.165) is 44.3 Å². The lowest BCUT2D eigenvalue weighted by molar-refractivity contribution is -0.132. The number of hydrogen-bond donors (Lipinski definition) is 1. The van der Waals surface area contributed by atoms with E-state index in [1.54, 1.807) is 0 Å². The zero-order valence-corrected chi connectivity index (χ0v) is 11.8. The Hall–Kier alpha value is -0.570. The van der Waals surface area contributed by atoms with E-state index in [-0.39, 0.29) is 0 Å². The van der Waals surface area contributed by atoms with Gasteiger partial charge in [0, 0.05) is 19.5 Å². The van der Waals surface area contributed by atoms with Gasteiger partial charge in [-0.15, -0.1) is 0 Å². The Bertz CT molecular complexity index is 253. The molecule has 0 aromatic carbocycles. The molecule has 1 N–H and O–H groups in total. The van der Waals surface area contributed by atoms with E-state index in [0.29, 0.717) is 5.91 Å². The second kappa shape index (κ2) is 7.13. The molecule has 2 aliphatic rings. The summed E-state index contributed by atoms with van der Waals surface area (Å²) in [7, 11) is 2.01. The van der Waals surface area contributed by atoms with E-state index in [2.05, 4.69) is 10.2 Å². The maximum atomic E-state index is 12.1. The fourth-order valence-electron chi connectivity index (χ4n) is 3.46. The summed E-state index contributed by atoms with van der Waals surface area (Å²) in [6.45, 7) is 3.07. The van der Waals surface area contributed by atoms with E-state index >= 15 is 0 Å². The van der Waals surface area contributed by atoms with Crippen molar-refractivity contribution < 1.29 is 4.79 Å². The molecule has 0 atom stereocenters. The van der Waals surface area contributed by atoms with Crippen LogP contribution >= 0.6 is 0 Å². The number of amides is 1.